The molecule has 2 aliphatic heterocycles. The Morgan fingerprint density at radius 2 is 2.10 bits per heavy atom. The molecule has 2 amide bonds. The second-order valence-electron chi connectivity index (χ2n) is 7.19. The fraction of sp³-hybridized carbons (Fsp3) is 0.400. The van der Waals surface area contributed by atoms with E-state index in [1.54, 1.807) is 23.8 Å². The molecule has 1 aromatic heterocycles. The number of nitrogens with zero attached hydrogens (tertiary/aromatic N) is 2. The number of thiazole rings is 1. The van der Waals surface area contributed by atoms with Crippen LogP contribution in [0, 0.1) is 0 Å². The van der Waals surface area contributed by atoms with E-state index in [0.29, 0.717) is 17.3 Å². The molecule has 2 aliphatic rings. The Bertz CT molecular complexity index is 977. The van der Waals surface area contributed by atoms with Crippen molar-refractivity contribution in [1.82, 2.24) is 9.88 Å². The first-order valence-electron chi connectivity index (χ1n) is 9.42. The maximum Gasteiger partial charge on any atom is 0.330 e. The first kappa shape index (κ1) is 20.7. The van der Waals surface area contributed by atoms with Crippen molar-refractivity contribution in [2.24, 2.45) is 0 Å². The van der Waals surface area contributed by atoms with Gasteiger partial charge in [0.15, 0.2) is 11.7 Å². The van der Waals surface area contributed by atoms with Gasteiger partial charge in [-0.2, -0.15) is 0 Å². The van der Waals surface area contributed by atoms with Crippen LogP contribution in [0.15, 0.2) is 29.6 Å². The monoisotopic (exact) mass is 447 g/mol. The summed E-state index contributed by atoms with van der Waals surface area (Å²) < 4.78 is 10.3. The number of nitrogens with one attached hydrogen (secondary N) is 1. The number of carbonyl (C=O) groups excluding carboxylic acids is 3. The second-order valence-corrected chi connectivity index (χ2v) is 9.55. The number of amides is 2. The number of methoxy groups -OCH3 is 1. The molecule has 0 bridgehead atoms. The summed E-state index contributed by atoms with van der Waals surface area (Å²) in [6.45, 7) is 1.54. The van der Waals surface area contributed by atoms with Crippen LogP contribution in [-0.4, -0.2) is 58.0 Å². The van der Waals surface area contributed by atoms with Crippen LogP contribution in [0.5, 0.6) is 5.75 Å². The number of benzene rings is 1. The summed E-state index contributed by atoms with van der Waals surface area (Å²) in [7, 11) is 1.60. The van der Waals surface area contributed by atoms with Gasteiger partial charge in [-0.25, -0.2) is 9.78 Å². The number of rotatable bonds is 6. The Hall–Kier alpha value is -2.59. The molecular weight excluding hydrogens is 426 g/mol. The Labute approximate surface area is 181 Å². The third kappa shape index (κ3) is 4.01. The van der Waals surface area contributed by atoms with Crippen LogP contribution in [0.2, 0.25) is 0 Å². The average Bonchev–Trinajstić information content (AvgIpc) is 3.42. The SMILES string of the molecule is COc1ccc(-c2csc(NC(=O)COC(=O)[C@H]3CS[C@]4(C)CCC(=O)N34)n2)cc1. The fourth-order valence-electron chi connectivity index (χ4n) is 3.61. The number of esters is 1. The normalized spacial score (nSPS) is 22.7. The average molecular weight is 448 g/mol. The zero-order valence-corrected chi connectivity index (χ0v) is 18.2. The van der Waals surface area contributed by atoms with Crippen molar-refractivity contribution in [2.75, 3.05) is 24.8 Å². The number of aromatic nitrogens is 1. The van der Waals surface area contributed by atoms with Crippen LogP contribution in [0.3, 0.4) is 0 Å². The van der Waals surface area contributed by atoms with Crippen molar-refractivity contribution < 1.29 is 23.9 Å². The molecule has 0 spiro atoms. The van der Waals surface area contributed by atoms with Gasteiger partial charge < -0.3 is 14.4 Å². The molecule has 0 unspecified atom stereocenters. The van der Waals surface area contributed by atoms with Gasteiger partial charge >= 0.3 is 5.97 Å². The molecule has 0 saturated carbocycles. The smallest absolute Gasteiger partial charge is 0.330 e. The summed E-state index contributed by atoms with van der Waals surface area (Å²) in [5.41, 5.74) is 1.63. The molecule has 2 aromatic rings. The Morgan fingerprint density at radius 1 is 1.33 bits per heavy atom. The standard InChI is InChI=1S/C20H21N3O5S2/c1-20-8-7-17(25)23(20)15(11-30-20)18(26)28-9-16(24)22-19-21-14(10-29-19)12-3-5-13(27-2)6-4-12/h3-6,10,15H,7-9,11H2,1-2H3,(H,21,22,24)/t15-,20-/m1/s1. The Balaban J connectivity index is 1.30. The van der Waals surface area contributed by atoms with Gasteiger partial charge in [-0.1, -0.05) is 0 Å². The highest BCUT2D eigenvalue weighted by Gasteiger charge is 2.53. The predicted molar refractivity (Wildman–Crippen MR) is 114 cm³/mol. The summed E-state index contributed by atoms with van der Waals surface area (Å²) in [4.78, 5) is 42.4. The summed E-state index contributed by atoms with van der Waals surface area (Å²) in [5, 5.41) is 4.89. The lowest BCUT2D eigenvalue weighted by molar-refractivity contribution is -0.155. The van der Waals surface area contributed by atoms with Gasteiger partial charge in [0.05, 0.1) is 17.7 Å². The first-order chi connectivity index (χ1) is 14.4. The Kier molecular flexibility index (Phi) is 5.70. The van der Waals surface area contributed by atoms with Gasteiger partial charge in [0, 0.05) is 23.1 Å². The number of fused-ring (bicyclic) bond motifs is 1. The number of anilines is 1. The van der Waals surface area contributed by atoms with E-state index in [1.165, 1.54) is 11.3 Å². The van der Waals surface area contributed by atoms with Crippen LogP contribution < -0.4 is 10.1 Å². The number of ether oxygens (including phenoxy) is 2. The molecule has 0 radical (unpaired) electrons. The third-order valence-corrected chi connectivity index (χ3v) is 7.46. The van der Waals surface area contributed by atoms with Crippen LogP contribution >= 0.6 is 23.1 Å². The predicted octanol–water partition coefficient (Wildman–Crippen LogP) is 2.75. The van der Waals surface area contributed by atoms with E-state index in [4.69, 9.17) is 9.47 Å². The zero-order chi connectivity index (χ0) is 21.3. The van der Waals surface area contributed by atoms with Gasteiger partial charge in [-0.3, -0.25) is 14.9 Å². The maximum absolute atomic E-state index is 12.4. The van der Waals surface area contributed by atoms with E-state index in [0.717, 1.165) is 23.4 Å². The fourth-order valence-corrected chi connectivity index (χ4v) is 5.76. The first-order valence-corrected chi connectivity index (χ1v) is 11.3. The van der Waals surface area contributed by atoms with Gasteiger partial charge in [0.1, 0.15) is 11.8 Å². The molecule has 2 saturated heterocycles. The van der Waals surface area contributed by atoms with Crippen molar-refractivity contribution in [1.29, 1.82) is 0 Å². The topological polar surface area (TPSA) is 97.8 Å². The minimum absolute atomic E-state index is 0.0391. The summed E-state index contributed by atoms with van der Waals surface area (Å²) in [5.74, 6) is 0.180. The zero-order valence-electron chi connectivity index (χ0n) is 16.5. The van der Waals surface area contributed by atoms with Crippen molar-refractivity contribution in [2.45, 2.75) is 30.7 Å². The number of hydrogen-bond acceptors (Lipinski definition) is 8. The molecule has 1 aromatic carbocycles. The van der Waals surface area contributed by atoms with Gasteiger partial charge in [0.25, 0.3) is 5.91 Å². The van der Waals surface area contributed by atoms with E-state index in [1.807, 2.05) is 36.6 Å². The highest BCUT2D eigenvalue weighted by Crippen LogP contribution is 2.47. The lowest BCUT2D eigenvalue weighted by Gasteiger charge is -2.29. The van der Waals surface area contributed by atoms with E-state index in [-0.39, 0.29) is 10.8 Å². The molecule has 10 heteroatoms. The van der Waals surface area contributed by atoms with Crippen LogP contribution in [0.4, 0.5) is 5.13 Å². The molecular formula is C20H21N3O5S2. The largest absolute Gasteiger partial charge is 0.497 e. The van der Waals surface area contributed by atoms with E-state index in [9.17, 15) is 14.4 Å². The van der Waals surface area contributed by atoms with Crippen molar-refractivity contribution in [3.05, 3.63) is 29.6 Å². The van der Waals surface area contributed by atoms with Crippen molar-refractivity contribution in [3.63, 3.8) is 0 Å². The minimum atomic E-state index is -0.635. The summed E-state index contributed by atoms with van der Waals surface area (Å²) in [6, 6.07) is 6.81. The van der Waals surface area contributed by atoms with Gasteiger partial charge in [-0.15, -0.1) is 23.1 Å². The molecule has 3 heterocycles. The second kappa shape index (κ2) is 8.27. The number of thioether (sulfide) groups is 1. The lowest BCUT2D eigenvalue weighted by atomic mass is 10.2. The van der Waals surface area contributed by atoms with E-state index >= 15 is 0 Å². The Morgan fingerprint density at radius 3 is 2.83 bits per heavy atom. The molecule has 4 rings (SSSR count). The third-order valence-electron chi connectivity index (χ3n) is 5.20. The molecule has 30 heavy (non-hydrogen) atoms. The number of carbonyl (C=O) groups is 3. The van der Waals surface area contributed by atoms with Gasteiger partial charge in [0.2, 0.25) is 5.91 Å². The molecule has 8 nitrogen and oxygen atoms in total. The maximum atomic E-state index is 12.4. The van der Waals surface area contributed by atoms with Crippen molar-refractivity contribution in [3.8, 4) is 17.0 Å². The summed E-state index contributed by atoms with van der Waals surface area (Å²) >= 11 is 2.87. The van der Waals surface area contributed by atoms with Crippen LogP contribution in [0.25, 0.3) is 11.3 Å². The van der Waals surface area contributed by atoms with Crippen molar-refractivity contribution >= 4 is 46.0 Å². The quantitative estimate of drug-likeness (QED) is 0.680. The molecule has 1 N–H and O–H groups in total. The molecule has 2 atom stereocenters. The summed E-state index contributed by atoms with van der Waals surface area (Å²) in [6.07, 6.45) is 1.16. The van der Waals surface area contributed by atoms with E-state index < -0.39 is 24.5 Å². The highest BCUT2D eigenvalue weighted by molar-refractivity contribution is 8.01. The van der Waals surface area contributed by atoms with Crippen LogP contribution in [-0.2, 0) is 19.1 Å². The molecule has 2 fully saturated rings. The molecule has 0 aliphatic carbocycles. The van der Waals surface area contributed by atoms with Crippen LogP contribution in [0.1, 0.15) is 19.8 Å². The lowest BCUT2D eigenvalue weighted by Crippen LogP contribution is -2.47. The van der Waals surface area contributed by atoms with E-state index in [2.05, 4.69) is 10.3 Å². The number of hydrogen-bond donors (Lipinski definition) is 1. The molecule has 158 valence electrons. The minimum Gasteiger partial charge on any atom is -0.497 e. The highest BCUT2D eigenvalue weighted by atomic mass is 32.2. The van der Waals surface area contributed by atoms with Gasteiger partial charge in [-0.05, 0) is 37.6 Å².